The number of piperidine rings is 1. The maximum Gasteiger partial charge on any atom is 0.244 e. The van der Waals surface area contributed by atoms with E-state index in [4.69, 9.17) is 0 Å². The highest BCUT2D eigenvalue weighted by atomic mass is 32.2. The van der Waals surface area contributed by atoms with E-state index in [0.717, 1.165) is 18.7 Å². The van der Waals surface area contributed by atoms with E-state index in [1.165, 1.54) is 10.5 Å². The van der Waals surface area contributed by atoms with Gasteiger partial charge in [0.25, 0.3) is 0 Å². The lowest BCUT2D eigenvalue weighted by Crippen LogP contribution is -2.39. The number of pyridine rings is 1. The second-order valence-corrected chi connectivity index (χ2v) is 8.02. The Labute approximate surface area is 136 Å². The number of nitrogens with zero attached hydrogens (tertiary/aromatic N) is 5. The van der Waals surface area contributed by atoms with Gasteiger partial charge in [-0.05, 0) is 38.8 Å². The van der Waals surface area contributed by atoms with Crippen molar-refractivity contribution in [1.82, 2.24) is 24.1 Å². The molecule has 7 nitrogen and oxygen atoms in total. The Morgan fingerprint density at radius 1 is 1.35 bits per heavy atom. The molecule has 0 bridgehead atoms. The summed E-state index contributed by atoms with van der Waals surface area (Å²) in [4.78, 5) is 4.16. The van der Waals surface area contributed by atoms with Crippen LogP contribution in [0.4, 0.5) is 0 Å². The molecular weight excluding hydrogens is 314 g/mol. The van der Waals surface area contributed by atoms with E-state index in [1.54, 1.807) is 24.7 Å². The Bertz CT molecular complexity index is 757. The molecule has 0 aromatic carbocycles. The lowest BCUT2D eigenvalue weighted by Gasteiger charge is -2.31. The van der Waals surface area contributed by atoms with Crippen LogP contribution in [-0.4, -0.2) is 45.6 Å². The summed E-state index contributed by atoms with van der Waals surface area (Å²) in [6, 6.07) is 3.48. The maximum atomic E-state index is 12.8. The molecule has 1 aliphatic heterocycles. The lowest BCUT2D eigenvalue weighted by molar-refractivity contribution is 0.302. The molecule has 124 valence electrons. The maximum absolute atomic E-state index is 12.8. The average molecular weight is 335 g/mol. The molecule has 0 unspecified atom stereocenters. The second-order valence-electron chi connectivity index (χ2n) is 6.08. The van der Waals surface area contributed by atoms with Crippen molar-refractivity contribution in [1.29, 1.82) is 0 Å². The zero-order chi connectivity index (χ0) is 16.4. The van der Waals surface area contributed by atoms with Crippen molar-refractivity contribution in [3.8, 4) is 0 Å². The average Bonchev–Trinajstić information content (AvgIpc) is 3.06. The zero-order valence-corrected chi connectivity index (χ0v) is 14.1. The first-order chi connectivity index (χ1) is 11.0. The van der Waals surface area contributed by atoms with Gasteiger partial charge in [0, 0.05) is 37.4 Å². The van der Waals surface area contributed by atoms with Crippen LogP contribution in [0.1, 0.15) is 44.5 Å². The first kappa shape index (κ1) is 16.1. The predicted molar refractivity (Wildman–Crippen MR) is 85.4 cm³/mol. The molecule has 0 saturated carbocycles. The number of rotatable bonds is 4. The van der Waals surface area contributed by atoms with Gasteiger partial charge in [-0.2, -0.15) is 4.31 Å². The van der Waals surface area contributed by atoms with Crippen LogP contribution < -0.4 is 0 Å². The van der Waals surface area contributed by atoms with Crippen LogP contribution in [0, 0.1) is 0 Å². The predicted octanol–water partition coefficient (Wildman–Crippen LogP) is 1.82. The van der Waals surface area contributed by atoms with Crippen molar-refractivity contribution < 1.29 is 8.42 Å². The van der Waals surface area contributed by atoms with E-state index in [9.17, 15) is 8.42 Å². The summed E-state index contributed by atoms with van der Waals surface area (Å²) < 4.78 is 29.1. The second kappa shape index (κ2) is 6.37. The molecule has 1 aliphatic rings. The van der Waals surface area contributed by atoms with Gasteiger partial charge in [-0.25, -0.2) is 8.42 Å². The molecule has 8 heteroatoms. The number of hydrogen-bond donors (Lipinski definition) is 0. The first-order valence-corrected chi connectivity index (χ1v) is 9.23. The van der Waals surface area contributed by atoms with Crippen LogP contribution in [0.5, 0.6) is 0 Å². The molecule has 0 N–H and O–H groups in total. The van der Waals surface area contributed by atoms with E-state index in [0.29, 0.717) is 13.1 Å². The largest absolute Gasteiger partial charge is 0.315 e. The Morgan fingerprint density at radius 2 is 2.17 bits per heavy atom. The molecule has 2 aromatic rings. The molecule has 0 spiro atoms. The fraction of sp³-hybridized carbons (Fsp3) is 0.533. The molecule has 0 radical (unpaired) electrons. The molecule has 0 aliphatic carbocycles. The topological polar surface area (TPSA) is 81.0 Å². The fourth-order valence-electron chi connectivity index (χ4n) is 2.96. The van der Waals surface area contributed by atoms with Gasteiger partial charge in [-0.1, -0.05) is 0 Å². The van der Waals surface area contributed by atoms with Gasteiger partial charge in [-0.15, -0.1) is 10.2 Å². The minimum Gasteiger partial charge on any atom is -0.315 e. The molecular formula is C15H21N5O2S. The van der Waals surface area contributed by atoms with Crippen LogP contribution in [0.25, 0.3) is 0 Å². The fourth-order valence-corrected chi connectivity index (χ4v) is 4.45. The standard InChI is InChI=1S/C15H21N5O2S/c1-12(2)20-11-17-18-15(20)13-5-4-8-19(10-13)23(21,22)14-6-3-7-16-9-14/h3,6-7,9,11-13H,4-5,8,10H2,1-2H3/t13-/m0/s1. The highest BCUT2D eigenvalue weighted by Crippen LogP contribution is 2.30. The van der Waals surface area contributed by atoms with Crippen molar-refractivity contribution in [2.45, 2.75) is 43.5 Å². The third-order valence-corrected chi connectivity index (χ3v) is 6.03. The highest BCUT2D eigenvalue weighted by molar-refractivity contribution is 7.89. The van der Waals surface area contributed by atoms with Gasteiger partial charge in [0.1, 0.15) is 17.0 Å². The highest BCUT2D eigenvalue weighted by Gasteiger charge is 2.33. The molecule has 1 atom stereocenters. The van der Waals surface area contributed by atoms with E-state index in [-0.39, 0.29) is 16.9 Å². The van der Waals surface area contributed by atoms with Crippen molar-refractivity contribution >= 4 is 10.0 Å². The molecule has 1 fully saturated rings. The summed E-state index contributed by atoms with van der Waals surface area (Å²) in [7, 11) is -3.51. The van der Waals surface area contributed by atoms with Gasteiger partial charge >= 0.3 is 0 Å². The molecule has 1 saturated heterocycles. The van der Waals surface area contributed by atoms with E-state index in [1.807, 2.05) is 4.57 Å². The van der Waals surface area contributed by atoms with Crippen molar-refractivity contribution in [2.24, 2.45) is 0 Å². The normalized spacial score (nSPS) is 20.0. The number of hydrogen-bond acceptors (Lipinski definition) is 5. The van der Waals surface area contributed by atoms with Gasteiger partial charge in [0.15, 0.2) is 0 Å². The van der Waals surface area contributed by atoms with E-state index >= 15 is 0 Å². The summed E-state index contributed by atoms with van der Waals surface area (Å²) in [5, 5.41) is 8.23. The smallest absolute Gasteiger partial charge is 0.244 e. The van der Waals surface area contributed by atoms with Gasteiger partial charge in [0.05, 0.1) is 0 Å². The third kappa shape index (κ3) is 3.13. The molecule has 23 heavy (non-hydrogen) atoms. The number of aromatic nitrogens is 4. The van der Waals surface area contributed by atoms with E-state index < -0.39 is 10.0 Å². The van der Waals surface area contributed by atoms with Crippen LogP contribution in [0.3, 0.4) is 0 Å². The first-order valence-electron chi connectivity index (χ1n) is 7.79. The van der Waals surface area contributed by atoms with Crippen molar-refractivity contribution in [3.05, 3.63) is 36.7 Å². The van der Waals surface area contributed by atoms with Crippen molar-refractivity contribution in [2.75, 3.05) is 13.1 Å². The van der Waals surface area contributed by atoms with Crippen LogP contribution in [0.2, 0.25) is 0 Å². The Kier molecular flexibility index (Phi) is 4.45. The van der Waals surface area contributed by atoms with E-state index in [2.05, 4.69) is 29.0 Å². The Balaban J connectivity index is 1.85. The SMILES string of the molecule is CC(C)n1cnnc1[C@H]1CCCN(S(=O)(=O)c2cccnc2)C1. The van der Waals surface area contributed by atoms with Gasteiger partial charge < -0.3 is 4.57 Å². The molecule has 3 heterocycles. The van der Waals surface area contributed by atoms with Crippen LogP contribution >= 0.6 is 0 Å². The minimum atomic E-state index is -3.51. The summed E-state index contributed by atoms with van der Waals surface area (Å²) in [5.41, 5.74) is 0. The lowest BCUT2D eigenvalue weighted by atomic mass is 9.98. The summed E-state index contributed by atoms with van der Waals surface area (Å²) in [6.07, 6.45) is 6.42. The molecule has 0 amide bonds. The summed E-state index contributed by atoms with van der Waals surface area (Å²) in [5.74, 6) is 0.936. The third-order valence-electron chi connectivity index (χ3n) is 4.18. The molecule has 2 aromatic heterocycles. The summed E-state index contributed by atoms with van der Waals surface area (Å²) in [6.45, 7) is 5.10. The van der Waals surface area contributed by atoms with Crippen LogP contribution in [-0.2, 0) is 10.0 Å². The quantitative estimate of drug-likeness (QED) is 0.851. The van der Waals surface area contributed by atoms with Gasteiger partial charge in [0.2, 0.25) is 10.0 Å². The number of sulfonamides is 1. The molecule has 3 rings (SSSR count). The van der Waals surface area contributed by atoms with Crippen molar-refractivity contribution in [3.63, 3.8) is 0 Å². The van der Waals surface area contributed by atoms with Gasteiger partial charge in [-0.3, -0.25) is 4.98 Å². The summed E-state index contributed by atoms with van der Waals surface area (Å²) >= 11 is 0. The Morgan fingerprint density at radius 3 is 2.87 bits per heavy atom. The Hall–Kier alpha value is -1.80. The minimum absolute atomic E-state index is 0.0695. The van der Waals surface area contributed by atoms with Crippen LogP contribution in [0.15, 0.2) is 35.7 Å². The monoisotopic (exact) mass is 335 g/mol. The zero-order valence-electron chi connectivity index (χ0n) is 13.3.